The van der Waals surface area contributed by atoms with Gasteiger partial charge in [-0.2, -0.15) is 0 Å². The van der Waals surface area contributed by atoms with Crippen LogP contribution in [-0.2, 0) is 13.0 Å². The molecule has 1 aromatic heterocycles. The molecule has 0 saturated heterocycles. The molecule has 2 aromatic rings. The maximum Gasteiger partial charge on any atom is 0.254 e. The smallest absolute Gasteiger partial charge is 0.254 e. The first kappa shape index (κ1) is 17.6. The van der Waals surface area contributed by atoms with Gasteiger partial charge >= 0.3 is 0 Å². The highest BCUT2D eigenvalue weighted by Crippen LogP contribution is 2.43. The number of furan rings is 1. The van der Waals surface area contributed by atoms with Crippen molar-refractivity contribution in [2.24, 2.45) is 11.1 Å². The van der Waals surface area contributed by atoms with Gasteiger partial charge in [0.15, 0.2) is 0 Å². The molecule has 4 nitrogen and oxygen atoms in total. The lowest BCUT2D eigenvalue weighted by Gasteiger charge is -2.42. The molecular formula is C18H23ClN2O2. The summed E-state index contributed by atoms with van der Waals surface area (Å²) in [4.78, 5) is 12.2. The number of nitrogens with two attached hydrogens (primary N) is 1. The molecule has 23 heavy (non-hydrogen) atoms. The summed E-state index contributed by atoms with van der Waals surface area (Å²) in [5.41, 5.74) is 7.59. The van der Waals surface area contributed by atoms with Gasteiger partial charge in [-0.15, -0.1) is 12.4 Å². The van der Waals surface area contributed by atoms with Crippen molar-refractivity contribution in [3.05, 3.63) is 59.5 Å². The van der Waals surface area contributed by atoms with Crippen molar-refractivity contribution in [2.75, 3.05) is 6.54 Å². The van der Waals surface area contributed by atoms with Gasteiger partial charge in [0, 0.05) is 6.54 Å². The van der Waals surface area contributed by atoms with E-state index in [1.807, 2.05) is 6.07 Å². The van der Waals surface area contributed by atoms with Crippen LogP contribution < -0.4 is 11.1 Å². The zero-order valence-corrected chi connectivity index (χ0v) is 13.9. The average Bonchev–Trinajstić information content (AvgIpc) is 2.99. The van der Waals surface area contributed by atoms with E-state index in [-0.39, 0.29) is 23.7 Å². The molecule has 0 spiro atoms. The van der Waals surface area contributed by atoms with E-state index in [2.05, 4.69) is 29.6 Å². The standard InChI is InChI=1S/C18H22N2O2.ClH/c19-11-16-9-15(12-22-16)17(21)20-13-18(7-4-8-18)10-14-5-2-1-3-6-14;/h1-3,5-6,9,12H,4,7-8,10-11,13,19H2,(H,20,21);1H. The normalized spacial score (nSPS) is 15.3. The minimum Gasteiger partial charge on any atom is -0.467 e. The fourth-order valence-electron chi connectivity index (χ4n) is 3.10. The molecule has 1 aromatic carbocycles. The number of hydrogen-bond acceptors (Lipinski definition) is 3. The van der Waals surface area contributed by atoms with Crippen LogP contribution in [0.15, 0.2) is 47.1 Å². The van der Waals surface area contributed by atoms with Gasteiger partial charge in [-0.25, -0.2) is 0 Å². The Bertz CT molecular complexity index is 635. The zero-order valence-electron chi connectivity index (χ0n) is 13.1. The number of carbonyl (C=O) groups is 1. The number of halogens is 1. The van der Waals surface area contributed by atoms with Gasteiger partial charge in [-0.3, -0.25) is 4.79 Å². The Hall–Kier alpha value is -1.78. The first-order valence-corrected chi connectivity index (χ1v) is 7.80. The molecule has 1 aliphatic carbocycles. The number of rotatable bonds is 6. The molecule has 0 aliphatic heterocycles. The zero-order chi connectivity index (χ0) is 15.4. The van der Waals surface area contributed by atoms with Gasteiger partial charge in [-0.05, 0) is 36.3 Å². The van der Waals surface area contributed by atoms with Crippen molar-refractivity contribution in [3.8, 4) is 0 Å². The minimum atomic E-state index is -0.0808. The summed E-state index contributed by atoms with van der Waals surface area (Å²) in [5.74, 6) is 0.551. The molecule has 3 N–H and O–H groups in total. The second kappa shape index (κ2) is 7.66. The molecule has 0 unspecified atom stereocenters. The summed E-state index contributed by atoms with van der Waals surface area (Å²) in [7, 11) is 0. The van der Waals surface area contributed by atoms with Crippen molar-refractivity contribution in [3.63, 3.8) is 0 Å². The molecule has 5 heteroatoms. The second-order valence-electron chi connectivity index (χ2n) is 6.20. The molecular weight excluding hydrogens is 312 g/mol. The molecule has 0 bridgehead atoms. The van der Waals surface area contributed by atoms with Crippen molar-refractivity contribution in [1.29, 1.82) is 0 Å². The maximum absolute atomic E-state index is 12.2. The highest BCUT2D eigenvalue weighted by atomic mass is 35.5. The second-order valence-corrected chi connectivity index (χ2v) is 6.20. The number of nitrogens with one attached hydrogen (secondary N) is 1. The van der Waals surface area contributed by atoms with E-state index in [4.69, 9.17) is 10.2 Å². The summed E-state index contributed by atoms with van der Waals surface area (Å²) in [6.07, 6.45) is 6.07. The van der Waals surface area contributed by atoms with E-state index in [0.29, 0.717) is 24.4 Å². The fourth-order valence-corrected chi connectivity index (χ4v) is 3.10. The summed E-state index contributed by atoms with van der Waals surface area (Å²) >= 11 is 0. The predicted octanol–water partition coefficient (Wildman–Crippen LogP) is 3.30. The van der Waals surface area contributed by atoms with E-state index in [9.17, 15) is 4.79 Å². The number of amides is 1. The third-order valence-corrected chi connectivity index (χ3v) is 4.58. The maximum atomic E-state index is 12.2. The lowest BCUT2D eigenvalue weighted by molar-refractivity contribution is 0.0859. The number of benzene rings is 1. The van der Waals surface area contributed by atoms with Crippen molar-refractivity contribution < 1.29 is 9.21 Å². The molecule has 1 amide bonds. The SMILES string of the molecule is Cl.NCc1cc(C(=O)NCC2(Cc3ccccc3)CCC2)co1. The summed E-state index contributed by atoms with van der Waals surface area (Å²) in [6, 6.07) is 12.2. The lowest BCUT2D eigenvalue weighted by Crippen LogP contribution is -2.43. The van der Waals surface area contributed by atoms with Crippen LogP contribution >= 0.6 is 12.4 Å². The van der Waals surface area contributed by atoms with Crippen molar-refractivity contribution in [1.82, 2.24) is 5.32 Å². The number of hydrogen-bond donors (Lipinski definition) is 2. The summed E-state index contributed by atoms with van der Waals surface area (Å²) in [5, 5.41) is 3.06. The van der Waals surface area contributed by atoms with Gasteiger partial charge in [0.25, 0.3) is 5.91 Å². The van der Waals surface area contributed by atoms with Crippen LogP contribution in [0.1, 0.15) is 40.9 Å². The van der Waals surface area contributed by atoms with Gasteiger partial charge < -0.3 is 15.5 Å². The minimum absolute atomic E-state index is 0. The predicted molar refractivity (Wildman–Crippen MR) is 92.6 cm³/mol. The number of carbonyl (C=O) groups excluding carboxylic acids is 1. The van der Waals surface area contributed by atoms with Crippen molar-refractivity contribution >= 4 is 18.3 Å². The molecule has 1 fully saturated rings. The van der Waals surface area contributed by atoms with E-state index in [1.54, 1.807) is 6.07 Å². The van der Waals surface area contributed by atoms with E-state index in [1.165, 1.54) is 31.1 Å². The molecule has 3 rings (SSSR count). The Balaban J connectivity index is 0.00000192. The van der Waals surface area contributed by atoms with Crippen LogP contribution in [0.3, 0.4) is 0 Å². The molecule has 0 radical (unpaired) electrons. The first-order valence-electron chi connectivity index (χ1n) is 7.80. The molecule has 0 atom stereocenters. The summed E-state index contributed by atoms with van der Waals surface area (Å²) < 4.78 is 5.22. The first-order chi connectivity index (χ1) is 10.7. The molecule has 124 valence electrons. The Morgan fingerprint density at radius 3 is 2.57 bits per heavy atom. The molecule has 1 aliphatic rings. The fraction of sp³-hybridized carbons (Fsp3) is 0.389. The molecule has 1 saturated carbocycles. The molecule has 1 heterocycles. The summed E-state index contributed by atoms with van der Waals surface area (Å²) in [6.45, 7) is 1.02. The van der Waals surface area contributed by atoms with E-state index >= 15 is 0 Å². The van der Waals surface area contributed by atoms with Gasteiger partial charge in [-0.1, -0.05) is 36.8 Å². The van der Waals surface area contributed by atoms with Crippen LogP contribution in [0, 0.1) is 5.41 Å². The Morgan fingerprint density at radius 2 is 2.00 bits per heavy atom. The highest BCUT2D eigenvalue weighted by molar-refractivity contribution is 5.94. The van der Waals surface area contributed by atoms with Crippen LogP contribution in [0.4, 0.5) is 0 Å². The third-order valence-electron chi connectivity index (χ3n) is 4.58. The lowest BCUT2D eigenvalue weighted by atomic mass is 9.65. The van der Waals surface area contributed by atoms with E-state index < -0.39 is 0 Å². The van der Waals surface area contributed by atoms with Gasteiger partial charge in [0.05, 0.1) is 12.1 Å². The van der Waals surface area contributed by atoms with Gasteiger partial charge in [0.2, 0.25) is 0 Å². The van der Waals surface area contributed by atoms with Crippen molar-refractivity contribution in [2.45, 2.75) is 32.2 Å². The Labute approximate surface area is 142 Å². The van der Waals surface area contributed by atoms with Crippen LogP contribution in [-0.4, -0.2) is 12.5 Å². The monoisotopic (exact) mass is 334 g/mol. The third kappa shape index (κ3) is 4.15. The Kier molecular flexibility index (Phi) is 5.85. The largest absolute Gasteiger partial charge is 0.467 e. The Morgan fingerprint density at radius 1 is 1.26 bits per heavy atom. The average molecular weight is 335 g/mol. The highest BCUT2D eigenvalue weighted by Gasteiger charge is 2.37. The quantitative estimate of drug-likeness (QED) is 0.851. The van der Waals surface area contributed by atoms with Gasteiger partial charge in [0.1, 0.15) is 12.0 Å². The van der Waals surface area contributed by atoms with Crippen LogP contribution in [0.5, 0.6) is 0 Å². The van der Waals surface area contributed by atoms with Crippen LogP contribution in [0.25, 0.3) is 0 Å². The topological polar surface area (TPSA) is 68.3 Å². The van der Waals surface area contributed by atoms with E-state index in [0.717, 1.165) is 6.42 Å². The van der Waals surface area contributed by atoms with Crippen LogP contribution in [0.2, 0.25) is 0 Å².